The molecule has 1 aliphatic carbocycles. The number of nitrogens with zero attached hydrogens (tertiary/aromatic N) is 1. The summed E-state index contributed by atoms with van der Waals surface area (Å²) in [6.07, 6.45) is 4.64. The summed E-state index contributed by atoms with van der Waals surface area (Å²) in [6.45, 7) is 4.66. The zero-order chi connectivity index (χ0) is 29.1. The highest BCUT2D eigenvalue weighted by atomic mass is 79.9. The molecule has 2 nitrogen and oxygen atoms in total. The SMILES string of the molecule is CN1c2ccc3ccccc3c2C(C)(C)[C@]12C=C(c1ccccc1)C=C(c1ccc(Br)cc1)[C@@H]2C(=O)c1ccccc1. The zero-order valence-corrected chi connectivity index (χ0v) is 25.6. The molecule has 0 bridgehead atoms. The molecule has 206 valence electrons. The van der Waals surface area contributed by atoms with Gasteiger partial charge in [0.25, 0.3) is 0 Å². The minimum absolute atomic E-state index is 0.130. The van der Waals surface area contributed by atoms with Crippen LogP contribution in [0.15, 0.2) is 138 Å². The molecule has 0 amide bonds. The molecule has 2 aliphatic rings. The van der Waals surface area contributed by atoms with E-state index in [1.54, 1.807) is 0 Å². The fraction of sp³-hybridized carbons (Fsp3) is 0.154. The molecule has 1 heterocycles. The number of hydrogen-bond acceptors (Lipinski definition) is 2. The molecule has 5 aromatic carbocycles. The largest absolute Gasteiger partial charge is 0.363 e. The molecular weight excluding hydrogens is 578 g/mol. The Morgan fingerprint density at radius 2 is 1.38 bits per heavy atom. The fourth-order valence-electron chi connectivity index (χ4n) is 7.50. The third-order valence-corrected chi connectivity index (χ3v) is 10.0. The van der Waals surface area contributed by atoms with Crippen molar-refractivity contribution in [2.75, 3.05) is 11.9 Å². The maximum absolute atomic E-state index is 15.0. The Labute approximate surface area is 256 Å². The molecule has 5 aromatic rings. The Kier molecular flexibility index (Phi) is 6.32. The molecule has 42 heavy (non-hydrogen) atoms. The highest BCUT2D eigenvalue weighted by Gasteiger charge is 2.62. The van der Waals surface area contributed by atoms with Crippen LogP contribution in [0, 0.1) is 5.92 Å². The number of benzene rings is 5. The molecule has 7 rings (SSSR count). The Bertz CT molecular complexity index is 1890. The summed E-state index contributed by atoms with van der Waals surface area (Å²) in [5.41, 5.74) is 6.43. The van der Waals surface area contributed by atoms with Crippen LogP contribution < -0.4 is 4.90 Å². The van der Waals surface area contributed by atoms with Crippen LogP contribution in [0.1, 0.15) is 40.9 Å². The van der Waals surface area contributed by atoms with Crippen molar-refractivity contribution in [1.82, 2.24) is 0 Å². The lowest BCUT2D eigenvalue weighted by Crippen LogP contribution is -2.61. The number of fused-ring (bicyclic) bond motifs is 3. The summed E-state index contributed by atoms with van der Waals surface area (Å²) in [4.78, 5) is 17.4. The van der Waals surface area contributed by atoms with Crippen molar-refractivity contribution in [3.63, 3.8) is 0 Å². The molecule has 0 unspecified atom stereocenters. The minimum atomic E-state index is -0.686. The van der Waals surface area contributed by atoms with Gasteiger partial charge in [-0.2, -0.15) is 0 Å². The van der Waals surface area contributed by atoms with Gasteiger partial charge in [-0.05, 0) is 69.0 Å². The Balaban J connectivity index is 1.58. The van der Waals surface area contributed by atoms with Crippen LogP contribution in [-0.2, 0) is 5.41 Å². The summed E-state index contributed by atoms with van der Waals surface area (Å²) >= 11 is 3.62. The van der Waals surface area contributed by atoms with E-state index in [1.165, 1.54) is 22.0 Å². The van der Waals surface area contributed by atoms with E-state index in [4.69, 9.17) is 0 Å². The number of carbonyl (C=O) groups is 1. The molecule has 0 fully saturated rings. The number of carbonyl (C=O) groups excluding carboxylic acids is 1. The molecular formula is C39H32BrNO. The number of anilines is 1. The van der Waals surface area contributed by atoms with E-state index in [-0.39, 0.29) is 5.78 Å². The van der Waals surface area contributed by atoms with Crippen molar-refractivity contribution in [2.24, 2.45) is 5.92 Å². The van der Waals surface area contributed by atoms with E-state index in [1.807, 2.05) is 30.3 Å². The van der Waals surface area contributed by atoms with Gasteiger partial charge in [0, 0.05) is 28.2 Å². The molecule has 0 radical (unpaired) electrons. The first-order chi connectivity index (χ1) is 20.3. The van der Waals surface area contributed by atoms with Crippen molar-refractivity contribution < 1.29 is 4.79 Å². The smallest absolute Gasteiger partial charge is 0.173 e. The lowest BCUT2D eigenvalue weighted by molar-refractivity contribution is 0.0886. The van der Waals surface area contributed by atoms with Crippen molar-refractivity contribution in [2.45, 2.75) is 24.8 Å². The molecule has 1 spiro atoms. The normalized spacial score (nSPS) is 20.8. The van der Waals surface area contributed by atoms with Crippen molar-refractivity contribution in [1.29, 1.82) is 0 Å². The number of hydrogen-bond donors (Lipinski definition) is 0. The second-order valence-corrected chi connectivity index (χ2v) is 12.8. The predicted molar refractivity (Wildman–Crippen MR) is 179 cm³/mol. The molecule has 0 aromatic heterocycles. The lowest BCUT2D eigenvalue weighted by atomic mass is 9.57. The first-order valence-corrected chi connectivity index (χ1v) is 15.2. The van der Waals surface area contributed by atoms with Gasteiger partial charge in [-0.15, -0.1) is 0 Å². The second-order valence-electron chi connectivity index (χ2n) is 11.9. The first-order valence-electron chi connectivity index (χ1n) is 14.4. The van der Waals surface area contributed by atoms with E-state index >= 15 is 0 Å². The number of rotatable bonds is 4. The topological polar surface area (TPSA) is 20.3 Å². The molecule has 0 saturated carbocycles. The van der Waals surface area contributed by atoms with E-state index in [2.05, 4.69) is 145 Å². The molecule has 2 atom stereocenters. The second kappa shape index (κ2) is 9.96. The van der Waals surface area contributed by atoms with Crippen LogP contribution in [0.5, 0.6) is 0 Å². The molecule has 1 aliphatic heterocycles. The van der Waals surface area contributed by atoms with E-state index < -0.39 is 16.9 Å². The van der Waals surface area contributed by atoms with Gasteiger partial charge in [-0.1, -0.05) is 133 Å². The van der Waals surface area contributed by atoms with Crippen molar-refractivity contribution in [3.8, 4) is 0 Å². The van der Waals surface area contributed by atoms with Gasteiger partial charge in [0.15, 0.2) is 5.78 Å². The summed E-state index contributed by atoms with van der Waals surface area (Å²) in [6, 6.07) is 41.8. The highest BCUT2D eigenvalue weighted by molar-refractivity contribution is 9.10. The van der Waals surface area contributed by atoms with E-state index in [9.17, 15) is 4.79 Å². The summed E-state index contributed by atoms with van der Waals surface area (Å²) < 4.78 is 1.01. The van der Waals surface area contributed by atoms with Gasteiger partial charge < -0.3 is 4.90 Å². The average Bonchev–Trinajstić information content (AvgIpc) is 3.19. The first kappa shape index (κ1) is 26.7. The quantitative estimate of drug-likeness (QED) is 0.189. The van der Waals surface area contributed by atoms with Gasteiger partial charge >= 0.3 is 0 Å². The molecule has 0 saturated heterocycles. The van der Waals surface area contributed by atoms with Crippen LogP contribution in [0.3, 0.4) is 0 Å². The van der Waals surface area contributed by atoms with Gasteiger partial charge in [0.1, 0.15) is 0 Å². The van der Waals surface area contributed by atoms with Gasteiger partial charge in [-0.25, -0.2) is 0 Å². The van der Waals surface area contributed by atoms with Crippen LogP contribution in [-0.4, -0.2) is 18.4 Å². The van der Waals surface area contributed by atoms with Crippen LogP contribution in [0.25, 0.3) is 21.9 Å². The maximum atomic E-state index is 15.0. The van der Waals surface area contributed by atoms with E-state index in [0.29, 0.717) is 0 Å². The van der Waals surface area contributed by atoms with Gasteiger partial charge in [-0.3, -0.25) is 4.79 Å². The third-order valence-electron chi connectivity index (χ3n) is 9.49. The standard InChI is InChI=1S/C39H32BrNO/c1-38(2)35-32-17-11-10-14-27(32)20-23-34(35)41(3)39(38)25-30(26-12-6-4-7-13-26)24-33(28-18-21-31(40)22-19-28)36(39)37(42)29-15-8-5-9-16-29/h4-25,36H,1-3H3/t36-,39-/m1/s1. The lowest BCUT2D eigenvalue weighted by Gasteiger charge is -2.52. The fourth-order valence-corrected chi connectivity index (χ4v) is 7.76. The van der Waals surface area contributed by atoms with Crippen molar-refractivity contribution >= 4 is 49.3 Å². The van der Waals surface area contributed by atoms with Crippen LogP contribution in [0.2, 0.25) is 0 Å². The number of ketones is 1. The Morgan fingerprint density at radius 3 is 2.10 bits per heavy atom. The minimum Gasteiger partial charge on any atom is -0.363 e. The van der Waals surface area contributed by atoms with Gasteiger partial charge in [0.05, 0.1) is 11.5 Å². The monoisotopic (exact) mass is 609 g/mol. The number of likely N-dealkylation sites (N-methyl/N-ethyl adjacent to an activating group) is 1. The zero-order valence-electron chi connectivity index (χ0n) is 24.0. The summed E-state index contributed by atoms with van der Waals surface area (Å²) in [7, 11) is 2.18. The predicted octanol–water partition coefficient (Wildman–Crippen LogP) is 9.75. The number of allylic oxidation sites excluding steroid dienone is 2. The van der Waals surface area contributed by atoms with Crippen LogP contribution in [0.4, 0.5) is 5.69 Å². The third kappa shape index (κ3) is 3.87. The number of Topliss-reactive ketones (excluding diaryl/α,β-unsaturated/α-hetero) is 1. The Hall–Kier alpha value is -4.21. The maximum Gasteiger partial charge on any atom is 0.173 e. The number of halogens is 1. The van der Waals surface area contributed by atoms with Crippen LogP contribution >= 0.6 is 15.9 Å². The van der Waals surface area contributed by atoms with Gasteiger partial charge in [0.2, 0.25) is 0 Å². The Morgan fingerprint density at radius 1 is 0.738 bits per heavy atom. The molecule has 3 heteroatoms. The highest BCUT2D eigenvalue weighted by Crippen LogP contribution is 2.61. The van der Waals surface area contributed by atoms with E-state index in [0.717, 1.165) is 32.3 Å². The molecule has 0 N–H and O–H groups in total. The van der Waals surface area contributed by atoms with Crippen molar-refractivity contribution in [3.05, 3.63) is 160 Å². The average molecular weight is 611 g/mol. The summed E-state index contributed by atoms with van der Waals surface area (Å²) in [5, 5.41) is 2.46. The summed E-state index contributed by atoms with van der Waals surface area (Å²) in [5.74, 6) is -0.329.